The Hall–Kier alpha value is -1.49. The van der Waals surface area contributed by atoms with Gasteiger partial charge in [-0.25, -0.2) is 13.1 Å². The summed E-state index contributed by atoms with van der Waals surface area (Å²) < 4.78 is 25.7. The van der Waals surface area contributed by atoms with Gasteiger partial charge in [-0.2, -0.15) is 0 Å². The molecule has 8 nitrogen and oxygen atoms in total. The summed E-state index contributed by atoms with van der Waals surface area (Å²) in [4.78, 5) is 29.4. The molecule has 0 unspecified atom stereocenters. The zero-order valence-corrected chi connectivity index (χ0v) is 16.5. The van der Waals surface area contributed by atoms with Gasteiger partial charge in [0, 0.05) is 50.1 Å². The number of amides is 2. The molecule has 0 aliphatic carbocycles. The fourth-order valence-corrected chi connectivity index (χ4v) is 5.23. The van der Waals surface area contributed by atoms with Gasteiger partial charge >= 0.3 is 0 Å². The summed E-state index contributed by atoms with van der Waals surface area (Å²) in [6.45, 7) is 3.37. The van der Waals surface area contributed by atoms with Crippen molar-refractivity contribution in [3.63, 3.8) is 0 Å². The molecule has 2 fully saturated rings. The zero-order valence-electron chi connectivity index (χ0n) is 14.8. The topological polar surface area (TPSA) is 98.8 Å². The van der Waals surface area contributed by atoms with Gasteiger partial charge in [0.05, 0.1) is 6.26 Å². The standard InChI is InChI=1S/C16H24N4O4S2/c1-11(21)17-7-15-16(22)20-8-12(18-26(2,23)24)6-13(20)9-19(15)10-14-4-3-5-25-14/h3-5,12-13,15,18H,6-10H2,1-2H3,(H,17,21)/t12-,13-,15-/m0/s1. The lowest BCUT2D eigenvalue weighted by atomic mass is 10.1. The maximum atomic E-state index is 13.0. The van der Waals surface area contributed by atoms with E-state index in [9.17, 15) is 18.0 Å². The second kappa shape index (κ2) is 7.63. The van der Waals surface area contributed by atoms with E-state index < -0.39 is 16.1 Å². The Labute approximate surface area is 157 Å². The Morgan fingerprint density at radius 3 is 2.77 bits per heavy atom. The second-order valence-electron chi connectivity index (χ2n) is 6.93. The van der Waals surface area contributed by atoms with Crippen LogP contribution in [0.4, 0.5) is 0 Å². The molecular formula is C16H24N4O4S2. The highest BCUT2D eigenvalue weighted by Gasteiger charge is 2.45. The van der Waals surface area contributed by atoms with E-state index in [-0.39, 0.29) is 30.4 Å². The molecule has 1 aromatic heterocycles. The molecule has 0 aromatic carbocycles. The van der Waals surface area contributed by atoms with Gasteiger partial charge in [0.15, 0.2) is 0 Å². The molecule has 144 valence electrons. The van der Waals surface area contributed by atoms with Gasteiger partial charge in [-0.15, -0.1) is 11.3 Å². The summed E-state index contributed by atoms with van der Waals surface area (Å²) in [6.07, 6.45) is 1.74. The van der Waals surface area contributed by atoms with Crippen molar-refractivity contribution < 1.29 is 18.0 Å². The first-order chi connectivity index (χ1) is 12.2. The molecular weight excluding hydrogens is 376 g/mol. The molecule has 3 heterocycles. The summed E-state index contributed by atoms with van der Waals surface area (Å²) in [5.41, 5.74) is 0. The summed E-state index contributed by atoms with van der Waals surface area (Å²) in [5.74, 6) is -0.224. The number of nitrogens with one attached hydrogen (secondary N) is 2. The lowest BCUT2D eigenvalue weighted by molar-refractivity contribution is -0.144. The maximum Gasteiger partial charge on any atom is 0.242 e. The quantitative estimate of drug-likeness (QED) is 0.676. The predicted octanol–water partition coefficient (Wildman–Crippen LogP) is -0.413. The average molecular weight is 401 g/mol. The molecule has 0 saturated carbocycles. The minimum atomic E-state index is -3.31. The van der Waals surface area contributed by atoms with Crippen molar-refractivity contribution in [1.29, 1.82) is 0 Å². The van der Waals surface area contributed by atoms with E-state index >= 15 is 0 Å². The van der Waals surface area contributed by atoms with Gasteiger partial charge in [0.25, 0.3) is 0 Å². The van der Waals surface area contributed by atoms with Gasteiger partial charge < -0.3 is 10.2 Å². The molecule has 3 atom stereocenters. The van der Waals surface area contributed by atoms with Crippen LogP contribution in [-0.4, -0.2) is 74.0 Å². The number of hydrogen-bond acceptors (Lipinski definition) is 6. The van der Waals surface area contributed by atoms with Crippen molar-refractivity contribution in [2.45, 2.75) is 38.0 Å². The summed E-state index contributed by atoms with van der Waals surface area (Å²) in [6, 6.07) is 3.29. The normalized spacial score (nSPS) is 26.8. The van der Waals surface area contributed by atoms with Crippen LogP contribution in [0.3, 0.4) is 0 Å². The largest absolute Gasteiger partial charge is 0.354 e. The van der Waals surface area contributed by atoms with E-state index in [0.29, 0.717) is 26.1 Å². The minimum absolute atomic E-state index is 0.0182. The lowest BCUT2D eigenvalue weighted by Gasteiger charge is -2.42. The summed E-state index contributed by atoms with van der Waals surface area (Å²) >= 11 is 1.63. The van der Waals surface area contributed by atoms with E-state index in [1.165, 1.54) is 6.92 Å². The van der Waals surface area contributed by atoms with E-state index in [0.717, 1.165) is 11.1 Å². The Kier molecular flexibility index (Phi) is 5.66. The summed E-state index contributed by atoms with van der Waals surface area (Å²) in [5, 5.41) is 4.75. The first-order valence-electron chi connectivity index (χ1n) is 8.51. The number of piperazine rings is 1. The maximum absolute atomic E-state index is 13.0. The van der Waals surface area contributed by atoms with Gasteiger partial charge in [-0.1, -0.05) is 6.07 Å². The minimum Gasteiger partial charge on any atom is -0.354 e. The number of carbonyl (C=O) groups is 2. The number of carbonyl (C=O) groups excluding carboxylic acids is 2. The molecule has 2 aliphatic heterocycles. The number of thiophene rings is 1. The fourth-order valence-electron chi connectivity index (χ4n) is 3.73. The number of sulfonamides is 1. The van der Waals surface area contributed by atoms with E-state index in [1.807, 2.05) is 17.5 Å². The van der Waals surface area contributed by atoms with Gasteiger partial charge in [-0.3, -0.25) is 14.5 Å². The average Bonchev–Trinajstić information content (AvgIpc) is 3.14. The predicted molar refractivity (Wildman–Crippen MR) is 99.1 cm³/mol. The zero-order chi connectivity index (χ0) is 18.9. The molecule has 0 spiro atoms. The van der Waals surface area contributed by atoms with Crippen LogP contribution in [0.5, 0.6) is 0 Å². The Morgan fingerprint density at radius 1 is 1.38 bits per heavy atom. The third-order valence-corrected chi connectivity index (χ3v) is 6.36. The van der Waals surface area contributed by atoms with Crippen molar-refractivity contribution in [2.24, 2.45) is 0 Å². The van der Waals surface area contributed by atoms with Crippen molar-refractivity contribution >= 4 is 33.2 Å². The third-order valence-electron chi connectivity index (χ3n) is 4.73. The van der Waals surface area contributed by atoms with Crippen LogP contribution in [0.2, 0.25) is 0 Å². The molecule has 2 amide bonds. The highest BCUT2D eigenvalue weighted by Crippen LogP contribution is 2.28. The molecule has 0 radical (unpaired) electrons. The highest BCUT2D eigenvalue weighted by atomic mass is 32.2. The third kappa shape index (κ3) is 4.61. The molecule has 2 saturated heterocycles. The van der Waals surface area contributed by atoms with Crippen molar-refractivity contribution in [3.05, 3.63) is 22.4 Å². The monoisotopic (exact) mass is 400 g/mol. The van der Waals surface area contributed by atoms with Crippen molar-refractivity contribution in [3.8, 4) is 0 Å². The number of hydrogen-bond donors (Lipinski definition) is 2. The smallest absolute Gasteiger partial charge is 0.242 e. The number of nitrogens with zero attached hydrogens (tertiary/aromatic N) is 2. The molecule has 2 N–H and O–H groups in total. The van der Waals surface area contributed by atoms with E-state index in [1.54, 1.807) is 16.2 Å². The first-order valence-corrected chi connectivity index (χ1v) is 11.3. The Bertz CT molecular complexity index is 765. The fraction of sp³-hybridized carbons (Fsp3) is 0.625. The SMILES string of the molecule is CC(=O)NC[C@H]1C(=O)N2C[C@@H](NS(C)(=O)=O)C[C@H]2CN1Cc1cccs1. The van der Waals surface area contributed by atoms with Crippen LogP contribution in [0.1, 0.15) is 18.2 Å². The molecule has 1 aromatic rings. The van der Waals surface area contributed by atoms with Gasteiger partial charge in [0.1, 0.15) is 6.04 Å². The van der Waals surface area contributed by atoms with Crippen molar-refractivity contribution in [2.75, 3.05) is 25.9 Å². The van der Waals surface area contributed by atoms with Crippen LogP contribution in [0.25, 0.3) is 0 Å². The van der Waals surface area contributed by atoms with Crippen LogP contribution >= 0.6 is 11.3 Å². The molecule has 3 rings (SSSR count). The molecule has 2 aliphatic rings. The lowest BCUT2D eigenvalue weighted by Crippen LogP contribution is -2.62. The first kappa shape index (κ1) is 19.3. The second-order valence-corrected chi connectivity index (χ2v) is 9.74. The van der Waals surface area contributed by atoms with Crippen LogP contribution < -0.4 is 10.0 Å². The molecule has 10 heteroatoms. The highest BCUT2D eigenvalue weighted by molar-refractivity contribution is 7.88. The number of fused-ring (bicyclic) bond motifs is 1. The van der Waals surface area contributed by atoms with Crippen LogP contribution in [0.15, 0.2) is 17.5 Å². The van der Waals surface area contributed by atoms with E-state index in [4.69, 9.17) is 0 Å². The Morgan fingerprint density at radius 2 is 2.15 bits per heavy atom. The van der Waals surface area contributed by atoms with Crippen LogP contribution in [-0.2, 0) is 26.2 Å². The summed E-state index contributed by atoms with van der Waals surface area (Å²) in [7, 11) is -3.31. The van der Waals surface area contributed by atoms with Gasteiger partial charge in [0.2, 0.25) is 21.8 Å². The number of rotatable bonds is 6. The van der Waals surface area contributed by atoms with Crippen molar-refractivity contribution in [1.82, 2.24) is 19.8 Å². The van der Waals surface area contributed by atoms with Crippen LogP contribution in [0, 0.1) is 0 Å². The molecule has 0 bridgehead atoms. The van der Waals surface area contributed by atoms with Gasteiger partial charge in [-0.05, 0) is 17.9 Å². The van der Waals surface area contributed by atoms with E-state index in [2.05, 4.69) is 14.9 Å². The molecule has 26 heavy (non-hydrogen) atoms. The Balaban J connectivity index is 1.76.